The fourth-order valence-corrected chi connectivity index (χ4v) is 1.37. The van der Waals surface area contributed by atoms with Gasteiger partial charge in [0, 0.05) is 19.1 Å². The van der Waals surface area contributed by atoms with Gasteiger partial charge < -0.3 is 9.64 Å². The van der Waals surface area contributed by atoms with Crippen molar-refractivity contribution < 1.29 is 9.53 Å². The van der Waals surface area contributed by atoms with Crippen molar-refractivity contribution in [2.24, 2.45) is 5.92 Å². The number of carbonyl (C=O) groups excluding carboxylic acids is 1. The molecule has 3 nitrogen and oxygen atoms in total. The highest BCUT2D eigenvalue weighted by atomic mass is 16.5. The minimum absolute atomic E-state index is 0.126. The molecule has 0 aromatic heterocycles. The van der Waals surface area contributed by atoms with E-state index in [1.807, 2.05) is 0 Å². The summed E-state index contributed by atoms with van der Waals surface area (Å²) in [6, 6.07) is 0.488. The van der Waals surface area contributed by atoms with Crippen LogP contribution in [0.5, 0.6) is 0 Å². The second-order valence-corrected chi connectivity index (χ2v) is 4.31. The molecule has 0 aromatic rings. The molecule has 0 spiro atoms. The first-order chi connectivity index (χ1) is 6.47. The maximum atomic E-state index is 11.0. The van der Waals surface area contributed by atoms with Crippen molar-refractivity contribution in [3.63, 3.8) is 0 Å². The van der Waals surface area contributed by atoms with Crippen molar-refractivity contribution in [3.05, 3.63) is 0 Å². The summed E-state index contributed by atoms with van der Waals surface area (Å²) >= 11 is 0. The molecule has 0 amide bonds. The van der Waals surface area contributed by atoms with Gasteiger partial charge in [0.2, 0.25) is 0 Å². The molecule has 0 unspecified atom stereocenters. The molecule has 0 radical (unpaired) electrons. The Hall–Kier alpha value is -0.570. The van der Waals surface area contributed by atoms with Gasteiger partial charge in [0.25, 0.3) is 0 Å². The molecule has 0 heterocycles. The van der Waals surface area contributed by atoms with E-state index in [-0.39, 0.29) is 5.97 Å². The second-order valence-electron chi connectivity index (χ2n) is 4.31. The maximum absolute atomic E-state index is 11.0. The first-order valence-corrected chi connectivity index (χ1v) is 5.28. The van der Waals surface area contributed by atoms with Gasteiger partial charge in [-0.15, -0.1) is 0 Å². The molecule has 0 aliphatic heterocycles. The molecule has 0 rings (SSSR count). The summed E-state index contributed by atoms with van der Waals surface area (Å²) in [5.41, 5.74) is 0. The van der Waals surface area contributed by atoms with E-state index in [2.05, 4.69) is 37.3 Å². The number of carbonyl (C=O) groups is 1. The standard InChI is InChI=1S/C11H23NO2/c1-9(2)8-12(10(3)4)7-6-11(13)14-5/h9-10H,6-8H2,1-5H3. The van der Waals surface area contributed by atoms with Crippen LogP contribution in [-0.4, -0.2) is 37.1 Å². The highest BCUT2D eigenvalue weighted by Gasteiger charge is 2.12. The maximum Gasteiger partial charge on any atom is 0.306 e. The Morgan fingerprint density at radius 1 is 1.29 bits per heavy atom. The topological polar surface area (TPSA) is 29.5 Å². The highest BCUT2D eigenvalue weighted by Crippen LogP contribution is 2.05. The number of rotatable bonds is 6. The minimum Gasteiger partial charge on any atom is -0.469 e. The summed E-state index contributed by atoms with van der Waals surface area (Å²) in [6.45, 7) is 10.5. The quantitative estimate of drug-likeness (QED) is 0.615. The number of ether oxygens (including phenoxy) is 1. The van der Waals surface area contributed by atoms with Crippen LogP contribution < -0.4 is 0 Å². The zero-order valence-electron chi connectivity index (χ0n) is 10.0. The fourth-order valence-electron chi connectivity index (χ4n) is 1.37. The van der Waals surface area contributed by atoms with E-state index in [9.17, 15) is 4.79 Å². The minimum atomic E-state index is -0.126. The Labute approximate surface area is 87.4 Å². The van der Waals surface area contributed by atoms with Crippen molar-refractivity contribution in [1.29, 1.82) is 0 Å². The van der Waals surface area contributed by atoms with Gasteiger partial charge in [0.1, 0.15) is 0 Å². The van der Waals surface area contributed by atoms with Crippen LogP contribution in [-0.2, 0) is 9.53 Å². The Morgan fingerprint density at radius 2 is 1.86 bits per heavy atom. The number of methoxy groups -OCH3 is 1. The molecule has 0 N–H and O–H groups in total. The number of esters is 1. The number of hydrogen-bond donors (Lipinski definition) is 0. The third-order valence-electron chi connectivity index (χ3n) is 2.16. The van der Waals surface area contributed by atoms with Crippen molar-refractivity contribution >= 4 is 5.97 Å². The van der Waals surface area contributed by atoms with Crippen LogP contribution in [0.25, 0.3) is 0 Å². The summed E-state index contributed by atoms with van der Waals surface area (Å²) in [5.74, 6) is 0.509. The zero-order valence-corrected chi connectivity index (χ0v) is 10.0. The fraction of sp³-hybridized carbons (Fsp3) is 0.909. The van der Waals surface area contributed by atoms with E-state index >= 15 is 0 Å². The lowest BCUT2D eigenvalue weighted by Gasteiger charge is -2.27. The monoisotopic (exact) mass is 201 g/mol. The number of hydrogen-bond acceptors (Lipinski definition) is 3. The first kappa shape index (κ1) is 13.4. The van der Waals surface area contributed by atoms with Crippen LogP contribution in [0.4, 0.5) is 0 Å². The molecule has 14 heavy (non-hydrogen) atoms. The predicted molar refractivity (Wildman–Crippen MR) is 58.2 cm³/mol. The first-order valence-electron chi connectivity index (χ1n) is 5.28. The van der Waals surface area contributed by atoms with Crippen molar-refractivity contribution in [2.75, 3.05) is 20.2 Å². The van der Waals surface area contributed by atoms with Gasteiger partial charge in [0.05, 0.1) is 13.5 Å². The average Bonchev–Trinajstić information content (AvgIpc) is 2.10. The lowest BCUT2D eigenvalue weighted by molar-refractivity contribution is -0.141. The van der Waals surface area contributed by atoms with Crippen LogP contribution in [0, 0.1) is 5.92 Å². The molecular weight excluding hydrogens is 178 g/mol. The highest BCUT2D eigenvalue weighted by molar-refractivity contribution is 5.69. The van der Waals surface area contributed by atoms with Gasteiger partial charge in [-0.2, -0.15) is 0 Å². The number of nitrogens with zero attached hydrogens (tertiary/aromatic N) is 1. The average molecular weight is 201 g/mol. The molecule has 84 valence electrons. The molecule has 0 aromatic carbocycles. The van der Waals surface area contributed by atoms with Crippen LogP contribution in [0.15, 0.2) is 0 Å². The SMILES string of the molecule is COC(=O)CCN(CC(C)C)C(C)C. The van der Waals surface area contributed by atoms with E-state index in [1.54, 1.807) is 0 Å². The molecule has 0 aliphatic carbocycles. The molecule has 0 fully saturated rings. The van der Waals surface area contributed by atoms with Crippen LogP contribution >= 0.6 is 0 Å². The Bertz CT molecular complexity index is 167. The van der Waals surface area contributed by atoms with Crippen molar-refractivity contribution in [2.45, 2.75) is 40.2 Å². The normalized spacial score (nSPS) is 11.4. The lowest BCUT2D eigenvalue weighted by Crippen LogP contribution is -2.35. The molecule has 3 heteroatoms. The summed E-state index contributed by atoms with van der Waals surface area (Å²) in [4.78, 5) is 13.3. The Morgan fingerprint density at radius 3 is 2.21 bits per heavy atom. The van der Waals surface area contributed by atoms with Gasteiger partial charge in [-0.05, 0) is 19.8 Å². The van der Waals surface area contributed by atoms with E-state index in [0.29, 0.717) is 18.4 Å². The van der Waals surface area contributed by atoms with E-state index in [1.165, 1.54) is 7.11 Å². The zero-order chi connectivity index (χ0) is 11.1. The van der Waals surface area contributed by atoms with Gasteiger partial charge in [-0.3, -0.25) is 4.79 Å². The smallest absolute Gasteiger partial charge is 0.306 e. The molecular formula is C11H23NO2. The van der Waals surface area contributed by atoms with Crippen LogP contribution in [0.2, 0.25) is 0 Å². The third-order valence-corrected chi connectivity index (χ3v) is 2.16. The summed E-state index contributed by atoms with van der Waals surface area (Å²) in [6.07, 6.45) is 0.488. The predicted octanol–water partition coefficient (Wildman–Crippen LogP) is 1.92. The van der Waals surface area contributed by atoms with Crippen molar-refractivity contribution in [3.8, 4) is 0 Å². The summed E-state index contributed by atoms with van der Waals surface area (Å²) < 4.78 is 4.62. The van der Waals surface area contributed by atoms with E-state index < -0.39 is 0 Å². The van der Waals surface area contributed by atoms with Gasteiger partial charge >= 0.3 is 5.97 Å². The van der Waals surface area contributed by atoms with Crippen molar-refractivity contribution in [1.82, 2.24) is 4.90 Å². The third kappa shape index (κ3) is 5.97. The summed E-state index contributed by atoms with van der Waals surface area (Å²) in [5, 5.41) is 0. The summed E-state index contributed by atoms with van der Waals surface area (Å²) in [7, 11) is 1.44. The molecule has 0 saturated carbocycles. The largest absolute Gasteiger partial charge is 0.469 e. The molecule has 0 bridgehead atoms. The lowest BCUT2D eigenvalue weighted by atomic mass is 10.1. The van der Waals surface area contributed by atoms with Gasteiger partial charge in [-0.1, -0.05) is 13.8 Å². The van der Waals surface area contributed by atoms with Crippen LogP contribution in [0.1, 0.15) is 34.1 Å². The van der Waals surface area contributed by atoms with E-state index in [0.717, 1.165) is 13.1 Å². The Balaban J connectivity index is 3.91. The molecule has 0 saturated heterocycles. The molecule has 0 atom stereocenters. The molecule has 0 aliphatic rings. The second kappa shape index (κ2) is 6.82. The van der Waals surface area contributed by atoms with Gasteiger partial charge in [0.15, 0.2) is 0 Å². The van der Waals surface area contributed by atoms with Gasteiger partial charge in [-0.25, -0.2) is 0 Å². The van der Waals surface area contributed by atoms with E-state index in [4.69, 9.17) is 0 Å². The Kier molecular flexibility index (Phi) is 6.54. The van der Waals surface area contributed by atoms with Crippen LogP contribution in [0.3, 0.4) is 0 Å².